The zero-order chi connectivity index (χ0) is 43.9. The Hall–Kier alpha value is -6.85. The molecule has 3 aliphatic carbocycles. The fraction of sp³-hybridized carbons (Fsp3) is 0.485. The first kappa shape index (κ1) is 42.9. The Kier molecular flexibility index (Phi) is 10.1. The van der Waals surface area contributed by atoms with E-state index in [4.69, 9.17) is 57.3 Å². The number of nitrogens with zero attached hydrogens (tertiary/aromatic N) is 1. The molecule has 24 nitrogen and oxygen atoms in total. The Morgan fingerprint density at radius 3 is 1.54 bits per heavy atom. The quantitative estimate of drug-likeness (QED) is 0.0779. The average molecular weight is 802 g/mol. The van der Waals surface area contributed by atoms with E-state index in [-0.39, 0.29) is 13.0 Å². The molecule has 24 heteroatoms. The summed E-state index contributed by atoms with van der Waals surface area (Å²) in [6.07, 6.45) is -4.69. The number of phenols is 1. The van der Waals surface area contributed by atoms with Gasteiger partial charge in [-0.15, -0.1) is 0 Å². The summed E-state index contributed by atoms with van der Waals surface area (Å²) in [5.41, 5.74) is 32.1. The number of hydrogen-bond donors (Lipinski definition) is 12. The van der Waals surface area contributed by atoms with Crippen molar-refractivity contribution in [3.63, 3.8) is 0 Å². The third kappa shape index (κ3) is 4.48. The van der Waals surface area contributed by atoms with Gasteiger partial charge in [0.1, 0.15) is 5.75 Å². The van der Waals surface area contributed by atoms with Crippen LogP contribution in [0.1, 0.15) is 87.1 Å². The van der Waals surface area contributed by atoms with E-state index in [0.717, 1.165) is 4.90 Å². The third-order valence-electron chi connectivity index (χ3n) is 12.6. The number of fused-ring (bicyclic) bond motifs is 5. The maximum atomic E-state index is 15.1. The maximum Gasteiger partial charge on any atom is 0.253 e. The minimum absolute atomic E-state index is 0.150. The molecule has 11 amide bonds. The van der Waals surface area contributed by atoms with Crippen molar-refractivity contribution in [2.24, 2.45) is 84.9 Å². The van der Waals surface area contributed by atoms with E-state index >= 15 is 4.79 Å². The predicted octanol–water partition coefficient (Wildman–Crippen LogP) is -7.20. The van der Waals surface area contributed by atoms with E-state index in [0.29, 0.717) is 6.42 Å². The molecule has 1 aromatic carbocycles. The third-order valence-corrected chi connectivity index (χ3v) is 12.6. The highest BCUT2D eigenvalue weighted by atomic mass is 16.3. The molecule has 3 aliphatic rings. The second kappa shape index (κ2) is 13.4. The van der Waals surface area contributed by atoms with Crippen LogP contribution in [0.3, 0.4) is 0 Å². The van der Waals surface area contributed by atoms with Gasteiger partial charge in [0.25, 0.3) is 11.8 Å². The average Bonchev–Trinajstić information content (AvgIpc) is 3.41. The number of aromatic hydroxyl groups is 1. The number of rotatable bonds is 14. The molecule has 4 unspecified atom stereocenters. The lowest BCUT2D eigenvalue weighted by molar-refractivity contribution is -0.229. The summed E-state index contributed by atoms with van der Waals surface area (Å²) >= 11 is 0. The number of amides is 11. The molecule has 1 aromatic rings. The Morgan fingerprint density at radius 2 is 1.18 bits per heavy atom. The second-order valence-electron chi connectivity index (χ2n) is 14.5. The number of carbonyl (C=O) groups is 11. The molecule has 22 N–H and O–H groups in total. The Labute approximate surface area is 321 Å². The molecule has 6 atom stereocenters. The minimum atomic E-state index is -4.47. The fourth-order valence-electron chi connectivity index (χ4n) is 10.8. The summed E-state index contributed by atoms with van der Waals surface area (Å²) < 4.78 is 0. The molecule has 0 radical (unpaired) electrons. The Morgan fingerprint density at radius 1 is 0.684 bits per heavy atom. The van der Waals surface area contributed by atoms with Crippen molar-refractivity contribution < 1.29 is 63.0 Å². The molecule has 0 aromatic heterocycles. The molecule has 308 valence electrons. The minimum Gasteiger partial charge on any atom is -0.506 e. The summed E-state index contributed by atoms with van der Waals surface area (Å²) in [5, 5.41) is 23.3. The SMILES string of the molecule is CCCCN(C)C(=O)C1C[C@]2(C(N)=O)[C@@H](O)CCC2(C(N)=O)C2(C(N)=O)C1c1c(C(N)=O)c(C(N)=O)c(O)c(C(N)=O)c1C(C(N)=O)(C(N)=O)C2(C(N)=O)C(N)=O. The predicted molar refractivity (Wildman–Crippen MR) is 188 cm³/mol. The molecule has 0 spiro atoms. The molecule has 57 heavy (non-hydrogen) atoms. The van der Waals surface area contributed by atoms with Crippen molar-refractivity contribution in [1.82, 2.24) is 4.90 Å². The molecule has 0 saturated heterocycles. The smallest absolute Gasteiger partial charge is 0.253 e. The normalized spacial score (nSPS) is 27.7. The van der Waals surface area contributed by atoms with Gasteiger partial charge in [-0.2, -0.15) is 0 Å². The lowest BCUT2D eigenvalue weighted by atomic mass is 9.26. The summed E-state index contributed by atoms with van der Waals surface area (Å²) in [6, 6.07) is 0. The summed E-state index contributed by atoms with van der Waals surface area (Å²) in [4.78, 5) is 158. The van der Waals surface area contributed by atoms with Gasteiger partial charge in [0.05, 0.1) is 39.0 Å². The van der Waals surface area contributed by atoms with Crippen LogP contribution in [0, 0.1) is 27.6 Å². The summed E-state index contributed by atoms with van der Waals surface area (Å²) in [6.45, 7) is 1.57. The first-order valence-corrected chi connectivity index (χ1v) is 17.1. The number of hydrogen-bond acceptors (Lipinski definition) is 13. The largest absolute Gasteiger partial charge is 0.506 e. The first-order chi connectivity index (χ1) is 26.2. The van der Waals surface area contributed by atoms with Crippen LogP contribution in [-0.2, 0) is 43.8 Å². The lowest BCUT2D eigenvalue weighted by Gasteiger charge is -2.70. The van der Waals surface area contributed by atoms with Gasteiger partial charge in [-0.25, -0.2) is 0 Å². The molecular formula is C33H43N11O13. The van der Waals surface area contributed by atoms with Gasteiger partial charge in [-0.1, -0.05) is 13.3 Å². The van der Waals surface area contributed by atoms with Crippen LogP contribution in [0.25, 0.3) is 0 Å². The van der Waals surface area contributed by atoms with Crippen molar-refractivity contribution in [2.45, 2.75) is 56.5 Å². The van der Waals surface area contributed by atoms with Crippen LogP contribution < -0.4 is 57.3 Å². The monoisotopic (exact) mass is 801 g/mol. The van der Waals surface area contributed by atoms with E-state index in [1.807, 2.05) is 0 Å². The highest BCUT2D eigenvalue weighted by Crippen LogP contribution is 2.82. The number of benzene rings is 1. The van der Waals surface area contributed by atoms with E-state index < -0.39 is 163 Å². The van der Waals surface area contributed by atoms with Crippen molar-refractivity contribution in [3.05, 3.63) is 27.8 Å². The topological polar surface area (TPSA) is 492 Å². The molecule has 2 fully saturated rings. The molecule has 2 saturated carbocycles. The second-order valence-corrected chi connectivity index (χ2v) is 14.5. The molecular weight excluding hydrogens is 758 g/mol. The van der Waals surface area contributed by atoms with Crippen LogP contribution in [0.2, 0.25) is 0 Å². The maximum absolute atomic E-state index is 15.1. The van der Waals surface area contributed by atoms with Gasteiger partial charge in [0.15, 0.2) is 10.8 Å². The van der Waals surface area contributed by atoms with E-state index in [9.17, 15) is 58.2 Å². The highest BCUT2D eigenvalue weighted by molar-refractivity contribution is 6.28. The van der Waals surface area contributed by atoms with Gasteiger partial charge >= 0.3 is 0 Å². The number of primary amides is 10. The summed E-state index contributed by atoms with van der Waals surface area (Å²) in [7, 11) is 1.17. The van der Waals surface area contributed by atoms with Gasteiger partial charge in [0.2, 0.25) is 53.2 Å². The number of unbranched alkanes of at least 4 members (excludes halogenated alkanes) is 1. The van der Waals surface area contributed by atoms with Crippen LogP contribution in [0.4, 0.5) is 0 Å². The molecule has 0 heterocycles. The molecule has 0 bridgehead atoms. The lowest BCUT2D eigenvalue weighted by Crippen LogP contribution is -2.88. The van der Waals surface area contributed by atoms with E-state index in [1.54, 1.807) is 6.92 Å². The molecule has 4 rings (SSSR count). The highest BCUT2D eigenvalue weighted by Gasteiger charge is 2.94. The number of carbonyl (C=O) groups excluding carboxylic acids is 11. The van der Waals surface area contributed by atoms with Crippen LogP contribution in [0.15, 0.2) is 0 Å². The van der Waals surface area contributed by atoms with E-state index in [1.165, 1.54) is 7.05 Å². The fourth-order valence-corrected chi connectivity index (χ4v) is 10.8. The Balaban J connectivity index is 2.78. The van der Waals surface area contributed by atoms with E-state index in [2.05, 4.69) is 0 Å². The van der Waals surface area contributed by atoms with Gasteiger partial charge < -0.3 is 72.4 Å². The number of nitrogens with two attached hydrogens (primary N) is 10. The number of aliphatic hydroxyl groups excluding tert-OH is 1. The van der Waals surface area contributed by atoms with Crippen LogP contribution in [-0.4, -0.2) is 99.8 Å². The summed E-state index contributed by atoms with van der Waals surface area (Å²) in [5.74, 6) is -29.1. The van der Waals surface area contributed by atoms with Crippen molar-refractivity contribution in [1.29, 1.82) is 0 Å². The van der Waals surface area contributed by atoms with Crippen molar-refractivity contribution >= 4 is 65.0 Å². The first-order valence-electron chi connectivity index (χ1n) is 17.1. The van der Waals surface area contributed by atoms with Crippen LogP contribution >= 0.6 is 0 Å². The number of aliphatic hydroxyl groups is 1. The van der Waals surface area contributed by atoms with Crippen molar-refractivity contribution in [2.75, 3.05) is 13.6 Å². The van der Waals surface area contributed by atoms with Gasteiger partial charge in [-0.3, -0.25) is 52.7 Å². The van der Waals surface area contributed by atoms with Gasteiger partial charge in [-0.05, 0) is 36.8 Å². The van der Waals surface area contributed by atoms with Gasteiger partial charge in [0, 0.05) is 25.4 Å². The van der Waals surface area contributed by atoms with Crippen LogP contribution in [0.5, 0.6) is 5.75 Å². The standard InChI is InChI=1S/C33H43N11O13/c1-3-4-7-44(2)21(50)9-8-29(22(37)51)10(45)5-6-30(29,23(38)52)32(26(41)55)15(9)12-11(18(34)47)13(19(35)48)17(46)14(20(36)49)16(12)31(24(39)53,25(40)54)33(32,27(42)56)28(43)57/h9-10,15,45-46H,3-8H2,1-2H3,(H2,34,47)(H2,35,48)(H2,36,49)(H2,37,51)(H2,38,52)(H2,39,53)(H2,40,54)(H2,41,55)(H2,42,56)(H2,43,57)/t9?,10-,15?,29+,30?,32?/m0/s1. The zero-order valence-corrected chi connectivity index (χ0v) is 30.6. The zero-order valence-electron chi connectivity index (χ0n) is 30.6. The van der Waals surface area contributed by atoms with Crippen molar-refractivity contribution in [3.8, 4) is 5.75 Å². The molecule has 0 aliphatic heterocycles. The Bertz CT molecular complexity index is 2110.